The highest BCUT2D eigenvalue weighted by molar-refractivity contribution is 7.18. The van der Waals surface area contributed by atoms with Gasteiger partial charge in [-0.1, -0.05) is 29.8 Å². The van der Waals surface area contributed by atoms with Crippen molar-refractivity contribution >= 4 is 39.1 Å². The highest BCUT2D eigenvalue weighted by atomic mass is 35.5. The number of aromatic nitrogens is 2. The molecule has 0 unspecified atom stereocenters. The maximum absolute atomic E-state index is 12.6. The molecule has 0 bridgehead atoms. The van der Waals surface area contributed by atoms with Crippen molar-refractivity contribution < 1.29 is 9.53 Å². The SMILES string of the molecule is C[C@H](OC(=O)CCc1nc2sc3c(c2c(=O)[nH]1)CCCC3)c1ccccc1Cl. The standard InChI is InChI=1S/C21H21ClN2O3S/c1-12(13-6-2-4-8-15(13)22)27-18(25)11-10-17-23-20(26)19-14-7-3-5-9-16(14)28-21(19)24-17/h2,4,6,8,12H,3,5,7,9-11H2,1H3,(H,23,24,26)/t12-/m0/s1. The molecule has 7 heteroatoms. The summed E-state index contributed by atoms with van der Waals surface area (Å²) in [5, 5.41) is 1.30. The number of benzene rings is 1. The van der Waals surface area contributed by atoms with Crippen LogP contribution in [0.3, 0.4) is 0 Å². The van der Waals surface area contributed by atoms with E-state index in [2.05, 4.69) is 9.97 Å². The summed E-state index contributed by atoms with van der Waals surface area (Å²) >= 11 is 7.76. The van der Waals surface area contributed by atoms with Crippen LogP contribution in [0.1, 0.15) is 54.1 Å². The van der Waals surface area contributed by atoms with Crippen LogP contribution < -0.4 is 5.56 Å². The number of ether oxygens (including phenoxy) is 1. The van der Waals surface area contributed by atoms with Gasteiger partial charge in [0.15, 0.2) is 0 Å². The minimum absolute atomic E-state index is 0.0998. The van der Waals surface area contributed by atoms with E-state index in [1.807, 2.05) is 18.2 Å². The number of fused-ring (bicyclic) bond motifs is 3. The fraction of sp³-hybridized carbons (Fsp3) is 0.381. The molecule has 1 N–H and O–H groups in total. The lowest BCUT2D eigenvalue weighted by molar-refractivity contribution is -0.148. The van der Waals surface area contributed by atoms with Gasteiger partial charge >= 0.3 is 5.97 Å². The molecule has 2 heterocycles. The predicted molar refractivity (Wildman–Crippen MR) is 111 cm³/mol. The van der Waals surface area contributed by atoms with Crippen molar-refractivity contribution in [2.75, 3.05) is 0 Å². The number of H-pyrrole nitrogens is 1. The molecule has 5 nitrogen and oxygen atoms in total. The van der Waals surface area contributed by atoms with Crippen LogP contribution in [0.4, 0.5) is 0 Å². The summed E-state index contributed by atoms with van der Waals surface area (Å²) in [7, 11) is 0. The van der Waals surface area contributed by atoms with Crippen molar-refractivity contribution in [3.8, 4) is 0 Å². The van der Waals surface area contributed by atoms with E-state index in [9.17, 15) is 9.59 Å². The Morgan fingerprint density at radius 3 is 2.93 bits per heavy atom. The zero-order valence-corrected chi connectivity index (χ0v) is 17.2. The third kappa shape index (κ3) is 3.84. The number of hydrogen-bond acceptors (Lipinski definition) is 5. The van der Waals surface area contributed by atoms with E-state index in [4.69, 9.17) is 16.3 Å². The Balaban J connectivity index is 1.44. The lowest BCUT2D eigenvalue weighted by atomic mass is 9.97. The molecule has 1 aliphatic carbocycles. The largest absolute Gasteiger partial charge is 0.458 e. The normalized spacial score (nSPS) is 14.6. The molecule has 146 valence electrons. The minimum atomic E-state index is -0.431. The lowest BCUT2D eigenvalue weighted by Gasteiger charge is -2.14. The number of aryl methyl sites for hydroxylation is 3. The molecular weight excluding hydrogens is 396 g/mol. The summed E-state index contributed by atoms with van der Waals surface area (Å²) in [6.45, 7) is 1.79. The Labute approximate surface area is 171 Å². The number of hydrogen-bond donors (Lipinski definition) is 1. The fourth-order valence-electron chi connectivity index (χ4n) is 3.67. The van der Waals surface area contributed by atoms with Crippen LogP contribution in [0.5, 0.6) is 0 Å². The second-order valence-corrected chi connectivity index (χ2v) is 8.55. The molecule has 0 fully saturated rings. The molecule has 1 aromatic carbocycles. The molecule has 3 aromatic rings. The topological polar surface area (TPSA) is 72.0 Å². The van der Waals surface area contributed by atoms with E-state index in [0.717, 1.165) is 35.0 Å². The number of nitrogens with one attached hydrogen (secondary N) is 1. The van der Waals surface area contributed by atoms with E-state index in [1.165, 1.54) is 16.9 Å². The van der Waals surface area contributed by atoms with Gasteiger partial charge in [-0.3, -0.25) is 9.59 Å². The summed E-state index contributed by atoms with van der Waals surface area (Å²) in [6.07, 6.45) is 4.31. The molecule has 0 saturated heterocycles. The highest BCUT2D eigenvalue weighted by Gasteiger charge is 2.20. The van der Waals surface area contributed by atoms with Gasteiger partial charge < -0.3 is 9.72 Å². The zero-order chi connectivity index (χ0) is 19.7. The molecule has 4 rings (SSSR count). The summed E-state index contributed by atoms with van der Waals surface area (Å²) in [5.41, 5.74) is 1.84. The van der Waals surface area contributed by atoms with Gasteiger partial charge in [0.25, 0.3) is 5.56 Å². The molecule has 0 aliphatic heterocycles. The van der Waals surface area contributed by atoms with Crippen LogP contribution >= 0.6 is 22.9 Å². The predicted octanol–water partition coefficient (Wildman–Crippen LogP) is 4.75. The number of nitrogens with zero attached hydrogens (tertiary/aromatic N) is 1. The first-order valence-corrected chi connectivity index (χ1v) is 10.7. The molecule has 0 spiro atoms. The van der Waals surface area contributed by atoms with Gasteiger partial charge in [0.2, 0.25) is 0 Å². The Hall–Kier alpha value is -2.18. The number of carbonyl (C=O) groups is 1. The van der Waals surface area contributed by atoms with E-state index < -0.39 is 6.10 Å². The molecule has 28 heavy (non-hydrogen) atoms. The number of rotatable bonds is 5. The van der Waals surface area contributed by atoms with Gasteiger partial charge in [0.05, 0.1) is 11.8 Å². The summed E-state index contributed by atoms with van der Waals surface area (Å²) in [4.78, 5) is 34.3. The number of carbonyl (C=O) groups excluding carboxylic acids is 1. The first kappa shape index (κ1) is 19.2. The quantitative estimate of drug-likeness (QED) is 0.609. The van der Waals surface area contributed by atoms with Crippen molar-refractivity contribution in [1.82, 2.24) is 9.97 Å². The van der Waals surface area contributed by atoms with Gasteiger partial charge in [0, 0.05) is 21.9 Å². The van der Waals surface area contributed by atoms with Gasteiger partial charge in [0.1, 0.15) is 16.8 Å². The molecular formula is C21H21ClN2O3S. The third-order valence-electron chi connectivity index (χ3n) is 5.09. The maximum Gasteiger partial charge on any atom is 0.306 e. The first-order valence-electron chi connectivity index (χ1n) is 9.50. The van der Waals surface area contributed by atoms with Crippen LogP contribution in [0.2, 0.25) is 5.02 Å². The third-order valence-corrected chi connectivity index (χ3v) is 6.62. The van der Waals surface area contributed by atoms with Gasteiger partial charge in [-0.15, -0.1) is 11.3 Å². The van der Waals surface area contributed by atoms with E-state index in [0.29, 0.717) is 17.3 Å². The van der Waals surface area contributed by atoms with E-state index in [1.54, 1.807) is 24.3 Å². The summed E-state index contributed by atoms with van der Waals surface area (Å²) < 4.78 is 5.48. The van der Waals surface area contributed by atoms with Crippen LogP contribution in [0, 0.1) is 0 Å². The Kier molecular flexibility index (Phi) is 5.51. The lowest BCUT2D eigenvalue weighted by Crippen LogP contribution is -2.15. The molecule has 1 aliphatic rings. The van der Waals surface area contributed by atoms with Crippen molar-refractivity contribution in [1.29, 1.82) is 0 Å². The fourth-order valence-corrected chi connectivity index (χ4v) is 5.24. The van der Waals surface area contributed by atoms with Crippen LogP contribution in [0.25, 0.3) is 10.2 Å². The van der Waals surface area contributed by atoms with E-state index >= 15 is 0 Å². The Morgan fingerprint density at radius 1 is 1.32 bits per heavy atom. The average Bonchev–Trinajstić information content (AvgIpc) is 3.05. The number of thiophene rings is 1. The van der Waals surface area contributed by atoms with Crippen LogP contribution in [0.15, 0.2) is 29.1 Å². The van der Waals surface area contributed by atoms with Crippen LogP contribution in [-0.4, -0.2) is 15.9 Å². The number of esters is 1. The van der Waals surface area contributed by atoms with Crippen molar-refractivity contribution in [2.45, 2.75) is 51.6 Å². The summed E-state index contributed by atoms with van der Waals surface area (Å²) in [6, 6.07) is 7.30. The Bertz CT molecular complexity index is 1090. The molecule has 0 radical (unpaired) electrons. The highest BCUT2D eigenvalue weighted by Crippen LogP contribution is 2.33. The van der Waals surface area contributed by atoms with E-state index in [-0.39, 0.29) is 17.9 Å². The second kappa shape index (κ2) is 8.05. The molecule has 2 aromatic heterocycles. The maximum atomic E-state index is 12.6. The number of halogens is 1. The smallest absolute Gasteiger partial charge is 0.306 e. The molecule has 0 amide bonds. The average molecular weight is 417 g/mol. The van der Waals surface area contributed by atoms with Gasteiger partial charge in [-0.2, -0.15) is 0 Å². The van der Waals surface area contributed by atoms with Crippen molar-refractivity contribution in [3.05, 3.63) is 61.5 Å². The monoisotopic (exact) mass is 416 g/mol. The molecule has 0 saturated carbocycles. The number of aromatic amines is 1. The molecule has 1 atom stereocenters. The first-order chi connectivity index (χ1) is 13.5. The van der Waals surface area contributed by atoms with Crippen LogP contribution in [-0.2, 0) is 28.8 Å². The van der Waals surface area contributed by atoms with Gasteiger partial charge in [-0.25, -0.2) is 4.98 Å². The Morgan fingerprint density at radius 2 is 2.11 bits per heavy atom. The second-order valence-electron chi connectivity index (χ2n) is 7.06. The van der Waals surface area contributed by atoms with Gasteiger partial charge in [-0.05, 0) is 44.2 Å². The minimum Gasteiger partial charge on any atom is -0.458 e. The summed E-state index contributed by atoms with van der Waals surface area (Å²) in [5.74, 6) is 0.180. The zero-order valence-electron chi connectivity index (χ0n) is 15.6. The van der Waals surface area contributed by atoms with Crippen molar-refractivity contribution in [3.63, 3.8) is 0 Å². The van der Waals surface area contributed by atoms with Crippen molar-refractivity contribution in [2.24, 2.45) is 0 Å².